The fourth-order valence-corrected chi connectivity index (χ4v) is 3.28. The van der Waals surface area contributed by atoms with E-state index in [9.17, 15) is 4.79 Å². The van der Waals surface area contributed by atoms with Crippen molar-refractivity contribution in [1.82, 2.24) is 15.1 Å². The summed E-state index contributed by atoms with van der Waals surface area (Å²) in [5.74, 6) is 0.590. The zero-order valence-corrected chi connectivity index (χ0v) is 14.9. The fourth-order valence-electron chi connectivity index (χ4n) is 3.28. The van der Waals surface area contributed by atoms with Gasteiger partial charge in [0.15, 0.2) is 0 Å². The quantitative estimate of drug-likeness (QED) is 0.764. The number of nitrogens with zero attached hydrogens (tertiary/aromatic N) is 2. The Balaban J connectivity index is 0.00000242. The Labute approximate surface area is 141 Å². The van der Waals surface area contributed by atoms with Crippen molar-refractivity contribution in [1.29, 1.82) is 0 Å². The van der Waals surface area contributed by atoms with Crippen LogP contribution in [0.3, 0.4) is 0 Å². The summed E-state index contributed by atoms with van der Waals surface area (Å²) in [5.41, 5.74) is 0. The van der Waals surface area contributed by atoms with Gasteiger partial charge < -0.3 is 19.9 Å². The van der Waals surface area contributed by atoms with E-state index in [4.69, 9.17) is 4.74 Å². The molecule has 1 amide bonds. The van der Waals surface area contributed by atoms with Gasteiger partial charge in [-0.3, -0.25) is 4.79 Å². The number of hydrogen-bond donors (Lipinski definition) is 1. The van der Waals surface area contributed by atoms with Gasteiger partial charge in [0.25, 0.3) is 0 Å². The van der Waals surface area contributed by atoms with Crippen LogP contribution in [0.1, 0.15) is 33.1 Å². The number of ether oxygens (including phenoxy) is 1. The summed E-state index contributed by atoms with van der Waals surface area (Å²) in [5, 5.41) is 3.32. The molecule has 2 fully saturated rings. The molecule has 22 heavy (non-hydrogen) atoms. The van der Waals surface area contributed by atoms with E-state index in [1.807, 2.05) is 4.90 Å². The van der Waals surface area contributed by atoms with Crippen molar-refractivity contribution in [2.45, 2.75) is 39.2 Å². The largest absolute Gasteiger partial charge is 0.375 e. The molecule has 0 aromatic carbocycles. The highest BCUT2D eigenvalue weighted by Gasteiger charge is 2.31. The Morgan fingerprint density at radius 1 is 1.23 bits per heavy atom. The van der Waals surface area contributed by atoms with Crippen LogP contribution in [-0.2, 0) is 9.53 Å². The number of amides is 1. The Hall–Kier alpha value is -0.360. The minimum Gasteiger partial charge on any atom is -0.375 e. The lowest BCUT2D eigenvalue weighted by atomic mass is 9.97. The molecule has 2 heterocycles. The Kier molecular flexibility index (Phi) is 9.33. The van der Waals surface area contributed by atoms with E-state index >= 15 is 0 Å². The van der Waals surface area contributed by atoms with E-state index in [1.54, 1.807) is 0 Å². The van der Waals surface area contributed by atoms with Gasteiger partial charge in [-0.05, 0) is 45.4 Å². The summed E-state index contributed by atoms with van der Waals surface area (Å²) >= 11 is 0. The smallest absolute Gasteiger partial charge is 0.225 e. The van der Waals surface area contributed by atoms with Crippen LogP contribution < -0.4 is 5.32 Å². The van der Waals surface area contributed by atoms with Gasteiger partial charge in [-0.15, -0.1) is 12.4 Å². The first-order valence-corrected chi connectivity index (χ1v) is 8.58. The second kappa shape index (κ2) is 10.4. The van der Waals surface area contributed by atoms with Gasteiger partial charge in [-0.2, -0.15) is 0 Å². The van der Waals surface area contributed by atoms with Crippen LogP contribution in [0, 0.1) is 5.92 Å². The van der Waals surface area contributed by atoms with E-state index in [-0.39, 0.29) is 24.4 Å². The lowest BCUT2D eigenvalue weighted by Crippen LogP contribution is -2.40. The van der Waals surface area contributed by atoms with Crippen LogP contribution in [0.25, 0.3) is 0 Å². The first-order valence-electron chi connectivity index (χ1n) is 8.58. The van der Waals surface area contributed by atoms with Crippen molar-refractivity contribution in [2.24, 2.45) is 5.92 Å². The number of carbonyl (C=O) groups is 1. The second-order valence-corrected chi connectivity index (χ2v) is 6.12. The third-order valence-electron chi connectivity index (χ3n) is 4.80. The topological polar surface area (TPSA) is 44.8 Å². The molecule has 2 aliphatic rings. The summed E-state index contributed by atoms with van der Waals surface area (Å²) in [6.45, 7) is 11.9. The number of likely N-dealkylation sites (tertiary alicyclic amines) is 1. The maximum absolute atomic E-state index is 12.5. The minimum atomic E-state index is 0. The number of halogens is 1. The molecular weight excluding hydrogens is 302 g/mol. The molecule has 1 atom stereocenters. The van der Waals surface area contributed by atoms with E-state index in [0.717, 1.165) is 71.7 Å². The molecule has 1 N–H and O–H groups in total. The number of nitrogens with one attached hydrogen (secondary N) is 1. The monoisotopic (exact) mass is 333 g/mol. The Bertz CT molecular complexity index is 321. The van der Waals surface area contributed by atoms with Gasteiger partial charge in [-0.1, -0.05) is 13.8 Å². The summed E-state index contributed by atoms with van der Waals surface area (Å²) in [6, 6.07) is 0. The van der Waals surface area contributed by atoms with Crippen LogP contribution in [0.4, 0.5) is 0 Å². The van der Waals surface area contributed by atoms with Crippen molar-refractivity contribution < 1.29 is 9.53 Å². The first kappa shape index (κ1) is 19.7. The predicted molar refractivity (Wildman–Crippen MR) is 91.6 cm³/mol. The van der Waals surface area contributed by atoms with Crippen molar-refractivity contribution in [3.05, 3.63) is 0 Å². The summed E-state index contributed by atoms with van der Waals surface area (Å²) in [4.78, 5) is 16.8. The number of carbonyl (C=O) groups excluding carboxylic acids is 1. The first-order chi connectivity index (χ1) is 10.2. The Morgan fingerprint density at radius 3 is 2.55 bits per heavy atom. The molecule has 2 aliphatic heterocycles. The number of piperidine rings is 1. The maximum atomic E-state index is 12.5. The molecule has 0 saturated carbocycles. The molecule has 0 aromatic heterocycles. The third-order valence-corrected chi connectivity index (χ3v) is 4.80. The molecule has 0 radical (unpaired) electrons. The van der Waals surface area contributed by atoms with Gasteiger partial charge in [0.1, 0.15) is 0 Å². The van der Waals surface area contributed by atoms with Gasteiger partial charge in [-0.25, -0.2) is 0 Å². The van der Waals surface area contributed by atoms with Gasteiger partial charge in [0, 0.05) is 25.6 Å². The minimum absolute atomic E-state index is 0. The molecule has 130 valence electrons. The average molecular weight is 334 g/mol. The SMILES string of the molecule is CCN(CC)CCOC1CCN(C(=O)C2CCNCC2)C1.Cl. The van der Waals surface area contributed by atoms with Crippen LogP contribution in [0.5, 0.6) is 0 Å². The van der Waals surface area contributed by atoms with E-state index < -0.39 is 0 Å². The lowest BCUT2D eigenvalue weighted by Gasteiger charge is -2.26. The van der Waals surface area contributed by atoms with Crippen LogP contribution in [0.15, 0.2) is 0 Å². The highest BCUT2D eigenvalue weighted by Crippen LogP contribution is 2.20. The van der Waals surface area contributed by atoms with Gasteiger partial charge >= 0.3 is 0 Å². The van der Waals surface area contributed by atoms with Crippen LogP contribution >= 0.6 is 12.4 Å². The number of likely N-dealkylation sites (N-methyl/N-ethyl adjacent to an activating group) is 1. The number of hydrogen-bond acceptors (Lipinski definition) is 4. The third kappa shape index (κ3) is 5.69. The van der Waals surface area contributed by atoms with Crippen LogP contribution in [-0.4, -0.2) is 74.2 Å². The second-order valence-electron chi connectivity index (χ2n) is 6.12. The Morgan fingerprint density at radius 2 is 1.91 bits per heavy atom. The molecule has 5 nitrogen and oxygen atoms in total. The summed E-state index contributed by atoms with van der Waals surface area (Å²) < 4.78 is 5.96. The predicted octanol–water partition coefficient (Wildman–Crippen LogP) is 1.37. The summed E-state index contributed by atoms with van der Waals surface area (Å²) in [7, 11) is 0. The number of rotatable bonds is 7. The summed E-state index contributed by atoms with van der Waals surface area (Å²) in [6.07, 6.45) is 3.21. The van der Waals surface area contributed by atoms with Crippen molar-refractivity contribution in [3.8, 4) is 0 Å². The molecule has 0 bridgehead atoms. The maximum Gasteiger partial charge on any atom is 0.225 e. The van der Waals surface area contributed by atoms with Crippen molar-refractivity contribution in [3.63, 3.8) is 0 Å². The average Bonchev–Trinajstić information content (AvgIpc) is 3.00. The fraction of sp³-hybridized carbons (Fsp3) is 0.938. The van der Waals surface area contributed by atoms with Gasteiger partial charge in [0.05, 0.1) is 12.7 Å². The van der Waals surface area contributed by atoms with E-state index in [2.05, 4.69) is 24.1 Å². The molecular formula is C16H32ClN3O2. The highest BCUT2D eigenvalue weighted by atomic mass is 35.5. The molecule has 0 aliphatic carbocycles. The lowest BCUT2D eigenvalue weighted by molar-refractivity contribution is -0.135. The molecule has 6 heteroatoms. The molecule has 2 saturated heterocycles. The molecule has 1 unspecified atom stereocenters. The van der Waals surface area contributed by atoms with Crippen molar-refractivity contribution >= 4 is 18.3 Å². The molecule has 2 rings (SSSR count). The molecule has 0 aromatic rings. The van der Waals surface area contributed by atoms with Crippen molar-refractivity contribution in [2.75, 3.05) is 52.4 Å². The normalized spacial score (nSPS) is 22.9. The molecule has 0 spiro atoms. The zero-order chi connectivity index (χ0) is 15.1. The van der Waals surface area contributed by atoms with E-state index in [1.165, 1.54) is 0 Å². The van der Waals surface area contributed by atoms with Crippen LogP contribution in [0.2, 0.25) is 0 Å². The van der Waals surface area contributed by atoms with Gasteiger partial charge in [0.2, 0.25) is 5.91 Å². The zero-order valence-electron chi connectivity index (χ0n) is 14.1. The standard InChI is InChI=1S/C16H31N3O2.ClH/c1-3-18(4-2)11-12-21-15-7-10-19(13-15)16(20)14-5-8-17-9-6-14;/h14-15,17H,3-13H2,1-2H3;1H. The highest BCUT2D eigenvalue weighted by molar-refractivity contribution is 5.85. The van der Waals surface area contributed by atoms with E-state index in [0.29, 0.717) is 5.91 Å².